The van der Waals surface area contributed by atoms with E-state index >= 15 is 0 Å². The van der Waals surface area contributed by atoms with E-state index in [0.29, 0.717) is 23.7 Å². The van der Waals surface area contributed by atoms with Crippen molar-refractivity contribution in [2.75, 3.05) is 26.2 Å². The van der Waals surface area contributed by atoms with Gasteiger partial charge in [-0.15, -0.1) is 0 Å². The summed E-state index contributed by atoms with van der Waals surface area (Å²) in [6.07, 6.45) is 6.94. The highest BCUT2D eigenvalue weighted by Gasteiger charge is 2.15. The van der Waals surface area contributed by atoms with Crippen molar-refractivity contribution in [3.8, 4) is 0 Å². The van der Waals surface area contributed by atoms with Crippen LogP contribution in [0.1, 0.15) is 42.1 Å². The fraction of sp³-hybridized carbons (Fsp3) is 0.500. The second-order valence-electron chi connectivity index (χ2n) is 7.15. The zero-order valence-electron chi connectivity index (χ0n) is 15.3. The number of hydrogen-bond donors (Lipinski definition) is 1. The molecule has 0 radical (unpaired) electrons. The molecule has 1 aliphatic rings. The van der Waals surface area contributed by atoms with Crippen molar-refractivity contribution in [2.24, 2.45) is 5.92 Å². The van der Waals surface area contributed by atoms with Crippen molar-refractivity contribution in [3.05, 3.63) is 52.8 Å². The number of carbonyl (C=O) groups excluding carboxylic acids is 1. The Labute approximate surface area is 160 Å². The van der Waals surface area contributed by atoms with Crippen LogP contribution < -0.4 is 5.32 Å². The van der Waals surface area contributed by atoms with E-state index in [1.165, 1.54) is 25.9 Å². The average molecular weight is 375 g/mol. The number of benzene rings is 1. The number of hydrogen-bond acceptors (Lipinski definition) is 3. The Hall–Kier alpha value is -1.85. The first-order valence-corrected chi connectivity index (χ1v) is 9.76. The van der Waals surface area contributed by atoms with E-state index in [2.05, 4.69) is 22.2 Å². The van der Waals surface area contributed by atoms with Gasteiger partial charge in [-0.1, -0.05) is 36.7 Å². The number of likely N-dealkylation sites (tertiary alicyclic amines) is 1. The summed E-state index contributed by atoms with van der Waals surface area (Å²) in [5.74, 6) is 0.788. The van der Waals surface area contributed by atoms with Crippen LogP contribution in [0, 0.1) is 5.92 Å². The van der Waals surface area contributed by atoms with E-state index in [9.17, 15) is 4.79 Å². The van der Waals surface area contributed by atoms with Crippen LogP contribution in [0.2, 0.25) is 5.02 Å². The number of nitrogens with one attached hydrogen (secondary N) is 1. The first-order chi connectivity index (χ1) is 12.6. The predicted octanol–water partition coefficient (Wildman–Crippen LogP) is 3.44. The maximum Gasteiger partial charge on any atom is 0.254 e. The molecule has 6 heteroatoms. The lowest BCUT2D eigenvalue weighted by Crippen LogP contribution is -2.35. The van der Waals surface area contributed by atoms with Gasteiger partial charge < -0.3 is 10.2 Å². The summed E-state index contributed by atoms with van der Waals surface area (Å²) in [7, 11) is 0. The Morgan fingerprint density at radius 1 is 1.31 bits per heavy atom. The second kappa shape index (κ2) is 9.19. The minimum Gasteiger partial charge on any atom is -0.352 e. The number of carbonyl (C=O) groups is 1. The molecular formula is C20H27ClN4O. The summed E-state index contributed by atoms with van der Waals surface area (Å²) in [5.41, 5.74) is 1.57. The fourth-order valence-corrected chi connectivity index (χ4v) is 3.46. The third-order valence-electron chi connectivity index (χ3n) is 5.00. The van der Waals surface area contributed by atoms with Crippen molar-refractivity contribution in [1.29, 1.82) is 0 Å². The predicted molar refractivity (Wildman–Crippen MR) is 105 cm³/mol. The molecule has 0 unspecified atom stereocenters. The molecule has 0 saturated carbocycles. The summed E-state index contributed by atoms with van der Waals surface area (Å²) in [6.45, 7) is 7.00. The minimum absolute atomic E-state index is 0.0670. The zero-order chi connectivity index (χ0) is 18.4. The smallest absolute Gasteiger partial charge is 0.254 e. The summed E-state index contributed by atoms with van der Waals surface area (Å²) >= 11 is 6.18. The number of aromatic nitrogens is 2. The lowest BCUT2D eigenvalue weighted by molar-refractivity contribution is 0.0950. The molecule has 0 spiro atoms. The highest BCUT2D eigenvalue weighted by Crippen LogP contribution is 2.17. The summed E-state index contributed by atoms with van der Waals surface area (Å²) < 4.78 is 1.74. The van der Waals surface area contributed by atoms with Crippen LogP contribution in [0.3, 0.4) is 0 Å². The van der Waals surface area contributed by atoms with Gasteiger partial charge in [-0.05, 0) is 56.4 Å². The number of amides is 1. The van der Waals surface area contributed by atoms with E-state index in [0.717, 1.165) is 24.4 Å². The molecule has 0 atom stereocenters. The maximum atomic E-state index is 12.3. The maximum absolute atomic E-state index is 12.3. The Morgan fingerprint density at radius 3 is 2.85 bits per heavy atom. The first-order valence-electron chi connectivity index (χ1n) is 9.38. The number of rotatable bonds is 7. The zero-order valence-corrected chi connectivity index (χ0v) is 16.1. The van der Waals surface area contributed by atoms with Crippen LogP contribution in [-0.4, -0.2) is 46.8 Å². The quantitative estimate of drug-likeness (QED) is 0.755. The molecule has 1 aliphatic heterocycles. The van der Waals surface area contributed by atoms with Crippen molar-refractivity contribution in [1.82, 2.24) is 20.0 Å². The standard InChI is InChI=1S/C20H27ClN4O/c1-16-7-11-24(12-8-16)10-4-9-22-20(26)18-13-23-25(15-18)14-17-5-2-3-6-19(17)21/h2-3,5-6,13,15-16H,4,7-12,14H2,1H3,(H,22,26). The summed E-state index contributed by atoms with van der Waals surface area (Å²) in [6, 6.07) is 7.67. The Bertz CT molecular complexity index is 722. The lowest BCUT2D eigenvalue weighted by atomic mass is 9.99. The first kappa shape index (κ1) is 18.9. The van der Waals surface area contributed by atoms with Crippen molar-refractivity contribution in [2.45, 2.75) is 32.7 Å². The Balaban J connectivity index is 1.41. The molecule has 1 N–H and O–H groups in total. The molecule has 1 aromatic heterocycles. The highest BCUT2D eigenvalue weighted by atomic mass is 35.5. The summed E-state index contributed by atoms with van der Waals surface area (Å²) in [4.78, 5) is 14.8. The van der Waals surface area contributed by atoms with E-state index in [4.69, 9.17) is 11.6 Å². The molecule has 2 aromatic rings. The molecule has 1 fully saturated rings. The van der Waals surface area contributed by atoms with Crippen LogP contribution in [-0.2, 0) is 6.54 Å². The third-order valence-corrected chi connectivity index (χ3v) is 5.37. The highest BCUT2D eigenvalue weighted by molar-refractivity contribution is 6.31. The van der Waals surface area contributed by atoms with Gasteiger partial charge in [0, 0.05) is 17.8 Å². The topological polar surface area (TPSA) is 50.2 Å². The molecule has 5 nitrogen and oxygen atoms in total. The van der Waals surface area contributed by atoms with E-state index < -0.39 is 0 Å². The van der Waals surface area contributed by atoms with Gasteiger partial charge in [-0.25, -0.2) is 0 Å². The van der Waals surface area contributed by atoms with E-state index in [1.54, 1.807) is 17.1 Å². The normalized spacial score (nSPS) is 15.9. The molecule has 1 aromatic carbocycles. The fourth-order valence-electron chi connectivity index (χ4n) is 3.26. The van der Waals surface area contributed by atoms with E-state index in [-0.39, 0.29) is 5.91 Å². The molecule has 0 bridgehead atoms. The largest absolute Gasteiger partial charge is 0.352 e. The monoisotopic (exact) mass is 374 g/mol. The van der Waals surface area contributed by atoms with Gasteiger partial charge in [-0.2, -0.15) is 5.10 Å². The van der Waals surface area contributed by atoms with Crippen molar-refractivity contribution < 1.29 is 4.79 Å². The van der Waals surface area contributed by atoms with Gasteiger partial charge >= 0.3 is 0 Å². The van der Waals surface area contributed by atoms with Crippen LogP contribution in [0.15, 0.2) is 36.7 Å². The average Bonchev–Trinajstić information content (AvgIpc) is 3.11. The Kier molecular flexibility index (Phi) is 6.69. The Morgan fingerprint density at radius 2 is 2.08 bits per heavy atom. The van der Waals surface area contributed by atoms with Gasteiger partial charge in [0.1, 0.15) is 0 Å². The molecule has 1 saturated heterocycles. The van der Waals surface area contributed by atoms with Gasteiger partial charge in [0.05, 0.1) is 18.3 Å². The number of halogens is 1. The molecule has 0 aliphatic carbocycles. The van der Waals surface area contributed by atoms with Gasteiger partial charge in [0.2, 0.25) is 0 Å². The van der Waals surface area contributed by atoms with Crippen LogP contribution in [0.25, 0.3) is 0 Å². The minimum atomic E-state index is -0.0670. The van der Waals surface area contributed by atoms with Gasteiger partial charge in [0.25, 0.3) is 5.91 Å². The molecule has 26 heavy (non-hydrogen) atoms. The lowest BCUT2D eigenvalue weighted by Gasteiger charge is -2.30. The molecular weight excluding hydrogens is 348 g/mol. The van der Waals surface area contributed by atoms with Crippen molar-refractivity contribution in [3.63, 3.8) is 0 Å². The van der Waals surface area contributed by atoms with Gasteiger partial charge in [-0.3, -0.25) is 9.48 Å². The third kappa shape index (κ3) is 5.32. The number of nitrogens with zero attached hydrogens (tertiary/aromatic N) is 3. The van der Waals surface area contributed by atoms with Crippen LogP contribution in [0.4, 0.5) is 0 Å². The van der Waals surface area contributed by atoms with E-state index in [1.807, 2.05) is 24.3 Å². The van der Waals surface area contributed by atoms with Gasteiger partial charge in [0.15, 0.2) is 0 Å². The molecule has 1 amide bonds. The molecule has 3 rings (SSSR count). The second-order valence-corrected chi connectivity index (χ2v) is 7.56. The van der Waals surface area contributed by atoms with Crippen LogP contribution in [0.5, 0.6) is 0 Å². The SMILES string of the molecule is CC1CCN(CCCNC(=O)c2cnn(Cc3ccccc3Cl)c2)CC1. The summed E-state index contributed by atoms with van der Waals surface area (Å²) in [5, 5.41) is 7.97. The molecule has 2 heterocycles. The molecule has 140 valence electrons. The van der Waals surface area contributed by atoms with Crippen molar-refractivity contribution >= 4 is 17.5 Å². The van der Waals surface area contributed by atoms with Crippen LogP contribution >= 0.6 is 11.6 Å². The number of piperidine rings is 1.